The van der Waals surface area contributed by atoms with E-state index in [1.807, 2.05) is 19.2 Å². The molecule has 3 rings (SSSR count). The second kappa shape index (κ2) is 6.36. The van der Waals surface area contributed by atoms with Gasteiger partial charge in [-0.15, -0.1) is 27.8 Å². The molecular weight excluding hydrogens is 332 g/mol. The maximum Gasteiger partial charge on any atom is 0.199 e. The fourth-order valence-corrected chi connectivity index (χ4v) is 3.86. The third kappa shape index (κ3) is 2.91. The molecule has 9 heteroatoms. The molecule has 3 heterocycles. The predicted octanol–water partition coefficient (Wildman–Crippen LogP) is 2.79. The lowest BCUT2D eigenvalue weighted by Crippen LogP contribution is -2.12. The van der Waals surface area contributed by atoms with Crippen molar-refractivity contribution in [2.24, 2.45) is 0 Å². The Morgan fingerprint density at radius 1 is 1.39 bits per heavy atom. The van der Waals surface area contributed by atoms with E-state index in [-0.39, 0.29) is 11.7 Å². The van der Waals surface area contributed by atoms with Gasteiger partial charge in [-0.2, -0.15) is 9.94 Å². The van der Waals surface area contributed by atoms with Crippen LogP contribution < -0.4 is 0 Å². The van der Waals surface area contributed by atoms with Crippen LogP contribution in [0.2, 0.25) is 0 Å². The lowest BCUT2D eigenvalue weighted by molar-refractivity contribution is 0.0982. The highest BCUT2D eigenvalue weighted by Gasteiger charge is 2.28. The van der Waals surface area contributed by atoms with Gasteiger partial charge in [0.05, 0.1) is 22.3 Å². The molecule has 1 atom stereocenters. The van der Waals surface area contributed by atoms with Gasteiger partial charge in [0.25, 0.3) is 0 Å². The number of Topliss-reactive ketones (excluding diaryl/α,β-unsaturated/α-hetero) is 1. The zero-order valence-electron chi connectivity index (χ0n) is 12.4. The normalized spacial score (nSPS) is 12.3. The molecule has 116 valence electrons. The van der Waals surface area contributed by atoms with Crippen LogP contribution in [0.15, 0.2) is 23.2 Å². The molecule has 0 aliphatic heterocycles. The van der Waals surface area contributed by atoms with E-state index in [2.05, 4.69) is 26.6 Å². The summed E-state index contributed by atoms with van der Waals surface area (Å²) in [6, 6.07) is 3.83. The molecule has 0 amide bonds. The predicted molar refractivity (Wildman–Crippen MR) is 85.9 cm³/mol. The molecule has 0 saturated carbocycles. The molecule has 0 aliphatic carbocycles. The lowest BCUT2D eigenvalue weighted by Gasteiger charge is -2.06. The van der Waals surface area contributed by atoms with Crippen molar-refractivity contribution in [1.82, 2.24) is 25.2 Å². The van der Waals surface area contributed by atoms with E-state index >= 15 is 0 Å². The van der Waals surface area contributed by atoms with Crippen molar-refractivity contribution in [1.29, 1.82) is 5.26 Å². The minimum atomic E-state index is -0.915. The molecule has 0 saturated heterocycles. The fourth-order valence-electron chi connectivity index (χ4n) is 1.99. The van der Waals surface area contributed by atoms with Crippen molar-refractivity contribution in [2.75, 3.05) is 0 Å². The zero-order chi connectivity index (χ0) is 16.4. The Morgan fingerprint density at radius 3 is 2.83 bits per heavy atom. The van der Waals surface area contributed by atoms with E-state index in [0.29, 0.717) is 15.6 Å². The maximum atomic E-state index is 12.8. The molecule has 0 fully saturated rings. The molecule has 3 aromatic rings. The Kier molecular flexibility index (Phi) is 4.27. The molecule has 23 heavy (non-hydrogen) atoms. The minimum Gasteiger partial charge on any atom is -0.291 e. The summed E-state index contributed by atoms with van der Waals surface area (Å²) in [5.74, 6) is -0.938. The Hall–Kier alpha value is -2.44. The number of ketones is 1. The van der Waals surface area contributed by atoms with E-state index in [1.54, 1.807) is 11.4 Å². The van der Waals surface area contributed by atoms with E-state index < -0.39 is 5.92 Å². The van der Waals surface area contributed by atoms with Gasteiger partial charge in [-0.3, -0.25) is 4.79 Å². The Morgan fingerprint density at radius 2 is 2.22 bits per heavy atom. The highest BCUT2D eigenvalue weighted by molar-refractivity contribution is 7.13. The van der Waals surface area contributed by atoms with Crippen LogP contribution in [-0.2, 0) is 0 Å². The van der Waals surface area contributed by atoms with Crippen LogP contribution in [0.3, 0.4) is 0 Å². The monoisotopic (exact) mass is 344 g/mol. The first kappa shape index (κ1) is 15.5. The molecule has 0 aromatic carbocycles. The third-order valence-electron chi connectivity index (χ3n) is 3.23. The van der Waals surface area contributed by atoms with Gasteiger partial charge >= 0.3 is 0 Å². The number of aromatic nitrogens is 5. The van der Waals surface area contributed by atoms with Crippen LogP contribution in [0.5, 0.6) is 0 Å². The Balaban J connectivity index is 1.95. The fraction of sp³-hybridized carbons (Fsp3) is 0.286. The van der Waals surface area contributed by atoms with Crippen LogP contribution in [0.1, 0.15) is 46.1 Å². The first-order valence-electron chi connectivity index (χ1n) is 6.81. The topological polar surface area (TPSA) is 97.3 Å². The van der Waals surface area contributed by atoms with Gasteiger partial charge in [-0.1, -0.05) is 13.8 Å². The van der Waals surface area contributed by atoms with Crippen molar-refractivity contribution in [3.63, 3.8) is 0 Å². The average molecular weight is 344 g/mol. The largest absolute Gasteiger partial charge is 0.291 e. The number of nitrogens with zero attached hydrogens (tertiary/aromatic N) is 6. The number of carbonyl (C=O) groups excluding carboxylic acids is 1. The number of nitriles is 1. The maximum absolute atomic E-state index is 12.8. The number of tetrazole rings is 1. The van der Waals surface area contributed by atoms with Crippen LogP contribution in [0.4, 0.5) is 0 Å². The second-order valence-corrected chi connectivity index (χ2v) is 6.89. The van der Waals surface area contributed by atoms with Gasteiger partial charge in [-0.25, -0.2) is 4.98 Å². The Bertz CT molecular complexity index is 858. The van der Waals surface area contributed by atoms with E-state index in [1.165, 1.54) is 33.7 Å². The van der Waals surface area contributed by atoms with Gasteiger partial charge < -0.3 is 0 Å². The first-order valence-corrected chi connectivity index (χ1v) is 8.57. The summed E-state index contributed by atoms with van der Waals surface area (Å²) in [5.41, 5.74) is 1.47. The lowest BCUT2D eigenvalue weighted by atomic mass is 10.0. The van der Waals surface area contributed by atoms with Crippen molar-refractivity contribution in [2.45, 2.75) is 25.7 Å². The van der Waals surface area contributed by atoms with Gasteiger partial charge in [0, 0.05) is 5.38 Å². The summed E-state index contributed by atoms with van der Waals surface area (Å²) in [7, 11) is 0. The third-order valence-corrected chi connectivity index (χ3v) is 5.08. The molecule has 0 N–H and O–H groups in total. The Labute approximate surface area is 140 Å². The summed E-state index contributed by atoms with van der Waals surface area (Å²) in [6.07, 6.45) is 1.42. The van der Waals surface area contributed by atoms with Crippen molar-refractivity contribution in [3.05, 3.63) is 38.7 Å². The quantitative estimate of drug-likeness (QED) is 0.660. The molecular formula is C14H12N6OS2. The molecule has 3 aromatic heterocycles. The first-order chi connectivity index (χ1) is 11.1. The molecule has 0 radical (unpaired) electrons. The number of thiazole rings is 1. The smallest absolute Gasteiger partial charge is 0.199 e. The van der Waals surface area contributed by atoms with Gasteiger partial charge in [0.2, 0.25) is 0 Å². The minimum absolute atomic E-state index is 0.257. The van der Waals surface area contributed by atoms with E-state index in [9.17, 15) is 10.1 Å². The van der Waals surface area contributed by atoms with Crippen molar-refractivity contribution < 1.29 is 4.79 Å². The van der Waals surface area contributed by atoms with Crippen LogP contribution in [-0.4, -0.2) is 31.0 Å². The SMILES string of the molecule is CC(C)c1csc(C(C#N)C(=O)c2sccc2-n2cnnn2)n1. The van der Waals surface area contributed by atoms with Crippen LogP contribution >= 0.6 is 22.7 Å². The zero-order valence-corrected chi connectivity index (χ0v) is 14.0. The number of rotatable bonds is 5. The number of hydrogen-bond donors (Lipinski definition) is 0. The highest BCUT2D eigenvalue weighted by Crippen LogP contribution is 2.30. The summed E-state index contributed by atoms with van der Waals surface area (Å²) < 4.78 is 1.42. The van der Waals surface area contributed by atoms with Gasteiger partial charge in [0.1, 0.15) is 11.3 Å². The van der Waals surface area contributed by atoms with E-state index in [0.717, 1.165) is 5.69 Å². The van der Waals surface area contributed by atoms with E-state index in [4.69, 9.17) is 0 Å². The highest BCUT2D eigenvalue weighted by atomic mass is 32.1. The molecule has 1 unspecified atom stereocenters. The number of hydrogen-bond acceptors (Lipinski definition) is 8. The molecule has 0 bridgehead atoms. The average Bonchev–Trinajstić information content (AvgIpc) is 3.27. The molecule has 7 nitrogen and oxygen atoms in total. The van der Waals surface area contributed by atoms with Gasteiger partial charge in [-0.05, 0) is 27.8 Å². The molecule has 0 spiro atoms. The van der Waals surface area contributed by atoms with Crippen LogP contribution in [0.25, 0.3) is 5.69 Å². The number of thiophene rings is 1. The standard InChI is InChI=1S/C14H12N6OS2/c1-8(2)10-6-23-14(17-10)9(5-15)12(21)13-11(3-4-22-13)20-7-16-18-19-20/h3-4,6-9H,1-2H3. The van der Waals surface area contributed by atoms with Gasteiger partial charge in [0.15, 0.2) is 11.7 Å². The van der Waals surface area contributed by atoms with Crippen LogP contribution in [0, 0.1) is 11.3 Å². The van der Waals surface area contributed by atoms with Crippen molar-refractivity contribution >= 4 is 28.5 Å². The summed E-state index contributed by atoms with van der Waals surface area (Å²) in [4.78, 5) is 17.7. The molecule has 0 aliphatic rings. The second-order valence-electron chi connectivity index (χ2n) is 5.08. The summed E-state index contributed by atoms with van der Waals surface area (Å²) in [5, 5.41) is 24.6. The summed E-state index contributed by atoms with van der Waals surface area (Å²) >= 11 is 2.61. The van der Waals surface area contributed by atoms with Crippen molar-refractivity contribution in [3.8, 4) is 11.8 Å². The number of carbonyl (C=O) groups is 1. The summed E-state index contributed by atoms with van der Waals surface area (Å²) in [6.45, 7) is 4.05.